The lowest BCUT2D eigenvalue weighted by molar-refractivity contribution is 0.0955. The summed E-state index contributed by atoms with van der Waals surface area (Å²) in [6, 6.07) is 22.1. The van der Waals surface area contributed by atoms with E-state index in [1.807, 2.05) is 47.3 Å². The molecule has 0 aliphatic heterocycles. The molecule has 0 saturated heterocycles. The van der Waals surface area contributed by atoms with Gasteiger partial charge in [0, 0.05) is 35.0 Å². The quantitative estimate of drug-likeness (QED) is 0.304. The Morgan fingerprint density at radius 1 is 0.939 bits per heavy atom. The fraction of sp³-hybridized carbons (Fsp3) is 0.214. The van der Waals surface area contributed by atoms with Crippen molar-refractivity contribution in [1.29, 1.82) is 0 Å². The van der Waals surface area contributed by atoms with E-state index in [1.165, 1.54) is 5.56 Å². The van der Waals surface area contributed by atoms with Gasteiger partial charge in [-0.15, -0.1) is 0 Å². The fourth-order valence-electron chi connectivity index (χ4n) is 4.03. The highest BCUT2D eigenvalue weighted by atomic mass is 16.2. The third-order valence-corrected chi connectivity index (χ3v) is 5.86. The molecule has 2 aromatic heterocycles. The van der Waals surface area contributed by atoms with E-state index in [1.54, 1.807) is 12.3 Å². The normalized spacial score (nSPS) is 11.8. The van der Waals surface area contributed by atoms with Gasteiger partial charge in [-0.05, 0) is 67.3 Å². The van der Waals surface area contributed by atoms with Crippen molar-refractivity contribution >= 4 is 12.1 Å². The van der Waals surface area contributed by atoms with Crippen LogP contribution < -0.4 is 5.43 Å². The number of nitrogens with one attached hydrogen (secondary N) is 1. The number of nitrogens with zero attached hydrogens (tertiary/aromatic N) is 3. The highest BCUT2D eigenvalue weighted by molar-refractivity contribution is 5.98. The van der Waals surface area contributed by atoms with Gasteiger partial charge >= 0.3 is 0 Å². The van der Waals surface area contributed by atoms with E-state index in [4.69, 9.17) is 0 Å². The summed E-state index contributed by atoms with van der Waals surface area (Å²) in [6.07, 6.45) is 5.54. The highest BCUT2D eigenvalue weighted by Gasteiger charge is 2.15. The molecular formula is C28H30N4O. The van der Waals surface area contributed by atoms with E-state index < -0.39 is 0 Å². The summed E-state index contributed by atoms with van der Waals surface area (Å²) in [5.74, 6) is -0.248. The molecule has 0 bridgehead atoms. The third-order valence-electron chi connectivity index (χ3n) is 5.86. The largest absolute Gasteiger partial charge is 0.323 e. The van der Waals surface area contributed by atoms with Crippen LogP contribution in [0, 0.1) is 13.8 Å². The van der Waals surface area contributed by atoms with E-state index in [9.17, 15) is 4.79 Å². The van der Waals surface area contributed by atoms with Crippen LogP contribution >= 0.6 is 0 Å². The SMILES string of the molecule is Cc1cc(/C=N\NC(=O)c2ccccc2-n2cccc2)c(C)n1-c1ccc(C(C)(C)C)cc1. The van der Waals surface area contributed by atoms with Crippen molar-refractivity contribution in [2.24, 2.45) is 5.10 Å². The Labute approximate surface area is 195 Å². The van der Waals surface area contributed by atoms with Crippen LogP contribution in [0.4, 0.5) is 0 Å². The van der Waals surface area contributed by atoms with Crippen LogP contribution in [0.2, 0.25) is 0 Å². The summed E-state index contributed by atoms with van der Waals surface area (Å²) < 4.78 is 4.12. The van der Waals surface area contributed by atoms with Gasteiger partial charge in [0.15, 0.2) is 0 Å². The van der Waals surface area contributed by atoms with Crippen molar-refractivity contribution in [1.82, 2.24) is 14.6 Å². The number of carbonyl (C=O) groups is 1. The van der Waals surface area contributed by atoms with Gasteiger partial charge < -0.3 is 9.13 Å². The Balaban J connectivity index is 1.53. The molecule has 5 nitrogen and oxygen atoms in total. The van der Waals surface area contributed by atoms with Crippen molar-refractivity contribution in [3.63, 3.8) is 0 Å². The number of hydrogen-bond donors (Lipinski definition) is 1. The van der Waals surface area contributed by atoms with E-state index in [-0.39, 0.29) is 11.3 Å². The molecule has 0 atom stereocenters. The molecule has 0 saturated carbocycles. The van der Waals surface area contributed by atoms with Gasteiger partial charge in [-0.3, -0.25) is 4.79 Å². The minimum absolute atomic E-state index is 0.120. The second kappa shape index (κ2) is 8.94. The molecule has 0 unspecified atom stereocenters. The second-order valence-corrected chi connectivity index (χ2v) is 9.27. The predicted molar refractivity (Wildman–Crippen MR) is 135 cm³/mol. The summed E-state index contributed by atoms with van der Waals surface area (Å²) >= 11 is 0. The number of hydrogen-bond acceptors (Lipinski definition) is 2. The number of para-hydroxylation sites is 1. The summed E-state index contributed by atoms with van der Waals surface area (Å²) in [4.78, 5) is 12.8. The molecule has 1 amide bonds. The fourth-order valence-corrected chi connectivity index (χ4v) is 4.03. The van der Waals surface area contributed by atoms with Crippen LogP contribution in [0.25, 0.3) is 11.4 Å². The number of aromatic nitrogens is 2. The molecule has 4 rings (SSSR count). The van der Waals surface area contributed by atoms with Crippen LogP contribution in [0.3, 0.4) is 0 Å². The Morgan fingerprint density at radius 2 is 1.61 bits per heavy atom. The molecule has 0 fully saturated rings. The smallest absolute Gasteiger partial charge is 0.273 e. The number of carbonyl (C=O) groups excluding carboxylic acids is 1. The van der Waals surface area contributed by atoms with Crippen molar-refractivity contribution in [2.45, 2.75) is 40.0 Å². The number of hydrazone groups is 1. The van der Waals surface area contributed by atoms with Gasteiger partial charge in [-0.1, -0.05) is 45.0 Å². The van der Waals surface area contributed by atoms with Crippen LogP contribution in [-0.2, 0) is 5.41 Å². The number of rotatable bonds is 5. The van der Waals surface area contributed by atoms with Crippen molar-refractivity contribution in [3.05, 3.63) is 107 Å². The van der Waals surface area contributed by atoms with E-state index in [2.05, 4.69) is 80.0 Å². The van der Waals surface area contributed by atoms with Crippen molar-refractivity contribution in [3.8, 4) is 11.4 Å². The molecule has 33 heavy (non-hydrogen) atoms. The van der Waals surface area contributed by atoms with Gasteiger partial charge in [-0.25, -0.2) is 5.43 Å². The van der Waals surface area contributed by atoms with Gasteiger partial charge in [0.2, 0.25) is 0 Å². The third kappa shape index (κ3) is 4.67. The molecule has 168 valence electrons. The molecular weight excluding hydrogens is 408 g/mol. The Hall–Kier alpha value is -3.86. The first-order chi connectivity index (χ1) is 15.8. The average Bonchev–Trinajstić information content (AvgIpc) is 3.41. The van der Waals surface area contributed by atoms with Crippen LogP contribution in [0.1, 0.15) is 53.6 Å². The molecule has 4 aromatic rings. The van der Waals surface area contributed by atoms with Gasteiger partial charge in [0.25, 0.3) is 5.91 Å². The molecule has 0 radical (unpaired) electrons. The van der Waals surface area contributed by atoms with E-state index in [0.29, 0.717) is 5.56 Å². The Kier molecular flexibility index (Phi) is 6.05. The van der Waals surface area contributed by atoms with Crippen molar-refractivity contribution < 1.29 is 4.79 Å². The zero-order valence-corrected chi connectivity index (χ0v) is 19.8. The topological polar surface area (TPSA) is 51.3 Å². The lowest BCUT2D eigenvalue weighted by atomic mass is 9.87. The minimum Gasteiger partial charge on any atom is -0.323 e. The van der Waals surface area contributed by atoms with Crippen LogP contribution in [0.5, 0.6) is 0 Å². The maximum atomic E-state index is 12.8. The molecule has 0 spiro atoms. The van der Waals surface area contributed by atoms with Gasteiger partial charge in [0.05, 0.1) is 17.5 Å². The Bertz CT molecular complexity index is 1290. The monoisotopic (exact) mass is 438 g/mol. The average molecular weight is 439 g/mol. The number of amides is 1. The maximum Gasteiger partial charge on any atom is 0.273 e. The lowest BCUT2D eigenvalue weighted by Gasteiger charge is -2.20. The molecule has 1 N–H and O–H groups in total. The summed E-state index contributed by atoms with van der Waals surface area (Å²) in [6.45, 7) is 10.8. The first-order valence-corrected chi connectivity index (χ1v) is 11.1. The second-order valence-electron chi connectivity index (χ2n) is 9.27. The minimum atomic E-state index is -0.248. The molecule has 2 aromatic carbocycles. The first-order valence-electron chi connectivity index (χ1n) is 11.1. The summed E-state index contributed by atoms with van der Waals surface area (Å²) in [5, 5.41) is 4.25. The lowest BCUT2D eigenvalue weighted by Crippen LogP contribution is -2.19. The standard InChI is InChI=1S/C28H30N4O/c1-20-18-22(21(2)32(20)24-14-12-23(13-15-24)28(3,4)5)19-29-30-27(33)25-10-6-7-11-26(25)31-16-8-9-17-31/h6-19H,1-5H3,(H,30,33)/b29-19-. The maximum absolute atomic E-state index is 12.8. The predicted octanol–water partition coefficient (Wildman–Crippen LogP) is 5.95. The number of aryl methyl sites for hydroxylation is 1. The summed E-state index contributed by atoms with van der Waals surface area (Å²) in [5.41, 5.74) is 9.74. The highest BCUT2D eigenvalue weighted by Crippen LogP contribution is 2.25. The molecule has 0 aliphatic rings. The van der Waals surface area contributed by atoms with E-state index >= 15 is 0 Å². The molecule has 0 aliphatic carbocycles. The van der Waals surface area contributed by atoms with Gasteiger partial charge in [0.1, 0.15) is 0 Å². The van der Waals surface area contributed by atoms with Gasteiger partial charge in [-0.2, -0.15) is 5.10 Å². The zero-order valence-electron chi connectivity index (χ0n) is 19.8. The molecule has 2 heterocycles. The zero-order chi connectivity index (χ0) is 23.6. The van der Waals surface area contributed by atoms with Crippen LogP contribution in [-0.4, -0.2) is 21.3 Å². The van der Waals surface area contributed by atoms with Crippen molar-refractivity contribution in [2.75, 3.05) is 0 Å². The Morgan fingerprint density at radius 3 is 2.27 bits per heavy atom. The van der Waals surface area contributed by atoms with E-state index in [0.717, 1.165) is 28.3 Å². The van der Waals surface area contributed by atoms with Crippen LogP contribution in [0.15, 0.2) is 84.2 Å². The number of benzene rings is 2. The molecule has 5 heteroatoms. The summed E-state index contributed by atoms with van der Waals surface area (Å²) in [7, 11) is 0. The first kappa shape index (κ1) is 22.3.